The van der Waals surface area contributed by atoms with Crippen molar-refractivity contribution >= 4 is 46.0 Å². The number of piperazine rings is 1. The Morgan fingerprint density at radius 2 is 1.68 bits per heavy atom. The fraction of sp³-hybridized carbons (Fsp3) is 0.432. The van der Waals surface area contributed by atoms with E-state index in [1.165, 1.54) is 5.69 Å². The number of hydrogen-bond acceptors (Lipinski definition) is 10. The molecule has 1 unspecified atom stereocenters. The topological polar surface area (TPSA) is 146 Å². The molecule has 13 heteroatoms. The summed E-state index contributed by atoms with van der Waals surface area (Å²) in [4.78, 5) is 65.9. The molecule has 0 radical (unpaired) electrons. The van der Waals surface area contributed by atoms with Crippen LogP contribution in [0.1, 0.15) is 76.9 Å². The van der Waals surface area contributed by atoms with Gasteiger partial charge in [-0.25, -0.2) is 4.98 Å². The van der Waals surface area contributed by atoms with Gasteiger partial charge in [-0.05, 0) is 81.5 Å². The zero-order valence-electron chi connectivity index (χ0n) is 28.0. The van der Waals surface area contributed by atoms with Crippen LogP contribution in [0.25, 0.3) is 22.3 Å². The number of piperidine rings is 1. The number of imide groups is 2. The van der Waals surface area contributed by atoms with Gasteiger partial charge < -0.3 is 15.1 Å². The van der Waals surface area contributed by atoms with E-state index in [1.807, 2.05) is 6.20 Å². The van der Waals surface area contributed by atoms with Gasteiger partial charge in [0, 0.05) is 68.2 Å². The fourth-order valence-electron chi connectivity index (χ4n) is 7.76. The molecule has 1 atom stereocenters. The van der Waals surface area contributed by atoms with Crippen LogP contribution >= 0.6 is 0 Å². The summed E-state index contributed by atoms with van der Waals surface area (Å²) in [6, 6.07) is 10.9. The van der Waals surface area contributed by atoms with Crippen molar-refractivity contribution in [3.8, 4) is 11.3 Å². The number of anilines is 2. The summed E-state index contributed by atoms with van der Waals surface area (Å²) in [5.74, 6) is -1.10. The minimum absolute atomic E-state index is 0.0938. The Morgan fingerprint density at radius 1 is 0.880 bits per heavy atom. The number of aromatic nitrogens is 4. The zero-order chi connectivity index (χ0) is 34.1. The Morgan fingerprint density at radius 3 is 2.46 bits per heavy atom. The molecule has 5 aliphatic rings. The van der Waals surface area contributed by atoms with Crippen molar-refractivity contribution in [3.63, 3.8) is 0 Å². The second kappa shape index (κ2) is 12.0. The van der Waals surface area contributed by atoms with Crippen molar-refractivity contribution in [3.05, 3.63) is 65.6 Å². The van der Waals surface area contributed by atoms with Crippen LogP contribution in [0, 0.1) is 5.92 Å². The number of nitrogens with zero attached hydrogens (tertiary/aromatic N) is 7. The fourth-order valence-corrected chi connectivity index (χ4v) is 7.76. The van der Waals surface area contributed by atoms with Crippen LogP contribution in [0.5, 0.6) is 0 Å². The van der Waals surface area contributed by atoms with Gasteiger partial charge in [0.1, 0.15) is 6.04 Å². The van der Waals surface area contributed by atoms with E-state index in [-0.39, 0.29) is 24.0 Å². The summed E-state index contributed by atoms with van der Waals surface area (Å²) in [6.45, 7) is 4.87. The number of amides is 4. The van der Waals surface area contributed by atoms with E-state index in [0.717, 1.165) is 97.0 Å². The van der Waals surface area contributed by atoms with Crippen molar-refractivity contribution in [2.45, 2.75) is 56.5 Å². The first-order valence-electron chi connectivity index (χ1n) is 17.7. The number of carbonyl (C=O) groups is 4. The van der Waals surface area contributed by atoms with E-state index in [0.29, 0.717) is 17.9 Å². The predicted octanol–water partition coefficient (Wildman–Crippen LogP) is 3.59. The quantitative estimate of drug-likeness (QED) is 0.266. The highest BCUT2D eigenvalue weighted by atomic mass is 16.2. The van der Waals surface area contributed by atoms with Crippen molar-refractivity contribution in [1.82, 2.24) is 34.9 Å². The summed E-state index contributed by atoms with van der Waals surface area (Å²) in [6.07, 6.45) is 8.54. The van der Waals surface area contributed by atoms with Gasteiger partial charge in [-0.15, -0.1) is 0 Å². The van der Waals surface area contributed by atoms with Crippen molar-refractivity contribution in [1.29, 1.82) is 0 Å². The second-order valence-corrected chi connectivity index (χ2v) is 14.5. The van der Waals surface area contributed by atoms with E-state index >= 15 is 0 Å². The Kier molecular flexibility index (Phi) is 7.41. The summed E-state index contributed by atoms with van der Waals surface area (Å²) in [5, 5.41) is 10.8. The van der Waals surface area contributed by atoms with Crippen molar-refractivity contribution in [2.75, 3.05) is 50.0 Å². The van der Waals surface area contributed by atoms with Crippen LogP contribution in [0.3, 0.4) is 0 Å². The van der Waals surface area contributed by atoms with E-state index in [1.54, 1.807) is 18.2 Å². The van der Waals surface area contributed by atoms with E-state index < -0.39 is 29.7 Å². The van der Waals surface area contributed by atoms with E-state index in [9.17, 15) is 19.2 Å². The minimum Gasteiger partial charge on any atom is -0.385 e. The lowest BCUT2D eigenvalue weighted by Crippen LogP contribution is -2.54. The van der Waals surface area contributed by atoms with Crippen molar-refractivity contribution in [2.24, 2.45) is 5.92 Å². The van der Waals surface area contributed by atoms with Gasteiger partial charge in [-0.1, -0.05) is 0 Å². The summed E-state index contributed by atoms with van der Waals surface area (Å²) < 4.78 is 2.13. The Hall–Kier alpha value is -5.17. The highest BCUT2D eigenvalue weighted by molar-refractivity contribution is 6.23. The third-order valence-electron chi connectivity index (χ3n) is 11.0. The number of rotatable bonds is 8. The molecule has 3 aliphatic heterocycles. The van der Waals surface area contributed by atoms with E-state index in [2.05, 4.69) is 56.6 Å². The lowest BCUT2D eigenvalue weighted by molar-refractivity contribution is -0.136. The van der Waals surface area contributed by atoms with Crippen LogP contribution in [-0.2, 0) is 9.59 Å². The Bertz CT molecular complexity index is 2060. The van der Waals surface area contributed by atoms with Gasteiger partial charge in [0.25, 0.3) is 11.8 Å². The molecule has 0 bridgehead atoms. The maximum absolute atomic E-state index is 13.2. The molecule has 2 aromatic carbocycles. The maximum atomic E-state index is 13.2. The monoisotopic (exact) mass is 673 g/mol. The highest BCUT2D eigenvalue weighted by Crippen LogP contribution is 2.45. The standard InChI is InChI=1S/C37H39N9O4/c1-43-10-12-44(13-11-43)24-5-7-29-30(17-24)39-19-31(40-29)28-20-45(42-34(28)22-2-3-22)25-14-21(15-25)18-38-23-4-6-26-27(16-23)37(50)46(36(26)49)32-8-9-33(47)41-35(32)48/h4-7,16-17,19-22,25,32,38H,2-3,8-15,18H2,1H3,(H,41,47,48). The van der Waals surface area contributed by atoms with Gasteiger partial charge in [0.05, 0.1) is 45.8 Å². The van der Waals surface area contributed by atoms with E-state index in [4.69, 9.17) is 15.1 Å². The van der Waals surface area contributed by atoms with Gasteiger partial charge >= 0.3 is 0 Å². The van der Waals surface area contributed by atoms with Gasteiger partial charge in [0.15, 0.2) is 0 Å². The number of carbonyl (C=O) groups excluding carboxylic acids is 4. The van der Waals surface area contributed by atoms with Crippen LogP contribution in [0.4, 0.5) is 11.4 Å². The van der Waals surface area contributed by atoms with Crippen LogP contribution in [0.15, 0.2) is 48.8 Å². The van der Waals surface area contributed by atoms with Crippen LogP contribution < -0.4 is 15.5 Å². The normalized spacial score (nSPS) is 24.1. The zero-order valence-corrected chi connectivity index (χ0v) is 28.0. The largest absolute Gasteiger partial charge is 0.385 e. The first-order chi connectivity index (χ1) is 24.3. The average molecular weight is 674 g/mol. The smallest absolute Gasteiger partial charge is 0.262 e. The average Bonchev–Trinajstić information content (AvgIpc) is 3.81. The lowest BCUT2D eigenvalue weighted by atomic mass is 9.80. The molecular weight excluding hydrogens is 634 g/mol. The predicted molar refractivity (Wildman–Crippen MR) is 186 cm³/mol. The minimum atomic E-state index is -0.972. The maximum Gasteiger partial charge on any atom is 0.262 e. The first kappa shape index (κ1) is 30.9. The molecule has 5 heterocycles. The molecule has 2 aliphatic carbocycles. The van der Waals surface area contributed by atoms with Gasteiger partial charge in [-0.3, -0.25) is 39.1 Å². The summed E-state index contributed by atoms with van der Waals surface area (Å²) >= 11 is 0. The Labute approximate surface area is 289 Å². The second-order valence-electron chi connectivity index (χ2n) is 14.5. The number of likely N-dealkylation sites (N-methyl/N-ethyl adjacent to an activating group) is 1. The number of benzene rings is 2. The number of hydrogen-bond donors (Lipinski definition) is 2. The molecule has 4 amide bonds. The molecule has 2 saturated heterocycles. The summed E-state index contributed by atoms with van der Waals surface area (Å²) in [7, 11) is 2.17. The van der Waals surface area contributed by atoms with Crippen LogP contribution in [-0.4, -0.2) is 99.0 Å². The molecule has 50 heavy (non-hydrogen) atoms. The highest BCUT2D eigenvalue weighted by Gasteiger charge is 2.45. The molecule has 4 fully saturated rings. The number of fused-ring (bicyclic) bond motifs is 2. The number of nitrogens with one attached hydrogen (secondary N) is 2. The first-order valence-corrected chi connectivity index (χ1v) is 17.7. The molecule has 2 N–H and O–H groups in total. The molecule has 9 rings (SSSR count). The summed E-state index contributed by atoms with van der Waals surface area (Å²) in [5.41, 5.74) is 7.38. The Balaban J connectivity index is 0.847. The van der Waals surface area contributed by atoms with Crippen LogP contribution in [0.2, 0.25) is 0 Å². The van der Waals surface area contributed by atoms with Gasteiger partial charge in [-0.2, -0.15) is 5.10 Å². The molecule has 256 valence electrons. The molecule has 0 spiro atoms. The lowest BCUT2D eigenvalue weighted by Gasteiger charge is -2.35. The molecule has 4 aromatic rings. The third kappa shape index (κ3) is 5.49. The molecular formula is C37H39N9O4. The molecule has 13 nitrogen and oxygen atoms in total. The SMILES string of the molecule is CN1CCN(c2ccc3nc(-c4cn(C5CC(CNc6ccc7c(c6)C(=O)N(C6CCC(=O)NC6=O)C7=O)C5)nc4C4CC4)cnc3c2)CC1. The van der Waals surface area contributed by atoms with Gasteiger partial charge in [0.2, 0.25) is 11.8 Å². The third-order valence-corrected chi connectivity index (χ3v) is 11.0. The molecule has 2 saturated carbocycles. The molecule has 2 aromatic heterocycles. The van der Waals surface area contributed by atoms with Crippen molar-refractivity contribution < 1.29 is 19.2 Å².